The van der Waals surface area contributed by atoms with Gasteiger partial charge in [-0.25, -0.2) is 0 Å². The summed E-state index contributed by atoms with van der Waals surface area (Å²) in [5.74, 6) is 0.00602. The lowest BCUT2D eigenvalue weighted by atomic mass is 10.1. The fourth-order valence-corrected chi connectivity index (χ4v) is 1.96. The lowest BCUT2D eigenvalue weighted by molar-refractivity contribution is 0.104. The van der Waals surface area contributed by atoms with Crippen LogP contribution in [0.25, 0.3) is 6.08 Å². The van der Waals surface area contributed by atoms with Gasteiger partial charge in [-0.2, -0.15) is 5.10 Å². The standard InChI is InChI=1S/C14H14N2OS/c1-16-10-11(9-15-16)3-8-14(17)12-4-6-13(18-2)7-5-12/h3-10H,1-2H3/b8-3+. The number of rotatable bonds is 4. The first-order valence-corrected chi connectivity index (χ1v) is 6.76. The Morgan fingerprint density at radius 1 is 1.33 bits per heavy atom. The maximum atomic E-state index is 11.9. The van der Waals surface area contributed by atoms with Gasteiger partial charge in [-0.15, -0.1) is 11.8 Å². The van der Waals surface area contributed by atoms with Crippen LogP contribution in [0.15, 0.2) is 47.6 Å². The number of thioether (sulfide) groups is 1. The van der Waals surface area contributed by atoms with Crippen LogP contribution < -0.4 is 0 Å². The molecule has 0 saturated heterocycles. The average molecular weight is 258 g/mol. The highest BCUT2D eigenvalue weighted by Gasteiger charge is 2.01. The van der Waals surface area contributed by atoms with Crippen LogP contribution >= 0.6 is 11.8 Å². The van der Waals surface area contributed by atoms with E-state index in [4.69, 9.17) is 0 Å². The molecule has 0 amide bonds. The fourth-order valence-electron chi connectivity index (χ4n) is 1.55. The Hall–Kier alpha value is -1.81. The van der Waals surface area contributed by atoms with Gasteiger partial charge in [-0.1, -0.05) is 0 Å². The largest absolute Gasteiger partial charge is 0.289 e. The van der Waals surface area contributed by atoms with Gasteiger partial charge in [0.25, 0.3) is 0 Å². The van der Waals surface area contributed by atoms with Crippen molar-refractivity contribution in [3.8, 4) is 0 Å². The summed E-state index contributed by atoms with van der Waals surface area (Å²) >= 11 is 1.66. The second-order valence-corrected chi connectivity index (χ2v) is 4.75. The molecule has 0 aliphatic heterocycles. The molecule has 4 heteroatoms. The van der Waals surface area contributed by atoms with Crippen LogP contribution in [0, 0.1) is 0 Å². The maximum absolute atomic E-state index is 11.9. The number of hydrogen-bond acceptors (Lipinski definition) is 3. The van der Waals surface area contributed by atoms with E-state index in [-0.39, 0.29) is 5.78 Å². The molecule has 0 unspecified atom stereocenters. The second kappa shape index (κ2) is 5.69. The highest BCUT2D eigenvalue weighted by atomic mass is 32.2. The summed E-state index contributed by atoms with van der Waals surface area (Å²) < 4.78 is 1.71. The molecule has 3 nitrogen and oxygen atoms in total. The van der Waals surface area contributed by atoms with Gasteiger partial charge in [0.2, 0.25) is 0 Å². The number of aryl methyl sites for hydroxylation is 1. The van der Waals surface area contributed by atoms with Gasteiger partial charge < -0.3 is 0 Å². The van der Waals surface area contributed by atoms with Crippen molar-refractivity contribution >= 4 is 23.6 Å². The summed E-state index contributed by atoms with van der Waals surface area (Å²) in [4.78, 5) is 13.1. The topological polar surface area (TPSA) is 34.9 Å². The van der Waals surface area contributed by atoms with Crippen molar-refractivity contribution in [2.45, 2.75) is 4.90 Å². The summed E-state index contributed by atoms with van der Waals surface area (Å²) in [6.07, 6.45) is 8.95. The van der Waals surface area contributed by atoms with Crippen LogP contribution in [-0.4, -0.2) is 21.8 Å². The molecule has 0 aliphatic rings. The van der Waals surface area contributed by atoms with Gasteiger partial charge in [0, 0.05) is 29.3 Å². The van der Waals surface area contributed by atoms with Crippen LogP contribution in [-0.2, 0) is 7.05 Å². The zero-order chi connectivity index (χ0) is 13.0. The van der Waals surface area contributed by atoms with Crippen LogP contribution in [0.4, 0.5) is 0 Å². The number of hydrogen-bond donors (Lipinski definition) is 0. The molecule has 0 spiro atoms. The van der Waals surface area contributed by atoms with Crippen molar-refractivity contribution in [2.75, 3.05) is 6.26 Å². The van der Waals surface area contributed by atoms with Crippen LogP contribution in [0.2, 0.25) is 0 Å². The first-order chi connectivity index (χ1) is 8.69. The molecule has 0 fully saturated rings. The molecular formula is C14H14N2OS. The molecule has 1 heterocycles. The number of carbonyl (C=O) groups is 1. The lowest BCUT2D eigenvalue weighted by Crippen LogP contribution is -1.93. The van der Waals surface area contributed by atoms with E-state index in [1.165, 1.54) is 0 Å². The van der Waals surface area contributed by atoms with Crippen molar-refractivity contribution < 1.29 is 4.79 Å². The Morgan fingerprint density at radius 3 is 2.61 bits per heavy atom. The van der Waals surface area contributed by atoms with Crippen LogP contribution in [0.5, 0.6) is 0 Å². The van der Waals surface area contributed by atoms with E-state index in [1.54, 1.807) is 34.8 Å². The molecule has 18 heavy (non-hydrogen) atoms. The highest BCUT2D eigenvalue weighted by Crippen LogP contribution is 2.15. The highest BCUT2D eigenvalue weighted by molar-refractivity contribution is 7.98. The summed E-state index contributed by atoms with van der Waals surface area (Å²) in [7, 11) is 1.85. The normalized spacial score (nSPS) is 11.0. The molecule has 0 saturated carbocycles. The SMILES string of the molecule is CSc1ccc(C(=O)/C=C/c2cnn(C)c2)cc1. The van der Waals surface area contributed by atoms with Gasteiger partial charge in [0.05, 0.1) is 6.20 Å². The first kappa shape index (κ1) is 12.6. The van der Waals surface area contributed by atoms with Gasteiger partial charge >= 0.3 is 0 Å². The number of carbonyl (C=O) groups excluding carboxylic acids is 1. The van der Waals surface area contributed by atoms with Crippen molar-refractivity contribution in [3.05, 3.63) is 53.9 Å². The zero-order valence-corrected chi connectivity index (χ0v) is 11.1. The summed E-state index contributed by atoms with van der Waals surface area (Å²) in [5, 5.41) is 4.04. The first-order valence-electron chi connectivity index (χ1n) is 5.54. The van der Waals surface area contributed by atoms with Crippen LogP contribution in [0.3, 0.4) is 0 Å². The monoisotopic (exact) mass is 258 g/mol. The molecule has 0 atom stereocenters. The summed E-state index contributed by atoms with van der Waals surface area (Å²) in [6, 6.07) is 7.61. The Kier molecular flexibility index (Phi) is 3.99. The number of ketones is 1. The minimum atomic E-state index is 0.00602. The quantitative estimate of drug-likeness (QED) is 0.480. The fraction of sp³-hybridized carbons (Fsp3) is 0.143. The molecule has 1 aromatic carbocycles. The Bertz CT molecular complexity index is 570. The molecule has 2 aromatic rings. The molecule has 0 aliphatic carbocycles. The Balaban J connectivity index is 2.09. The molecule has 2 rings (SSSR count). The van der Waals surface area contributed by atoms with E-state index in [0.717, 1.165) is 10.5 Å². The summed E-state index contributed by atoms with van der Waals surface area (Å²) in [6.45, 7) is 0. The molecular weight excluding hydrogens is 244 g/mol. The number of benzene rings is 1. The molecule has 0 bridgehead atoms. The van der Waals surface area contributed by atoms with Crippen molar-refractivity contribution in [3.63, 3.8) is 0 Å². The molecule has 0 N–H and O–H groups in total. The van der Waals surface area contributed by atoms with Gasteiger partial charge in [-0.05, 0) is 42.7 Å². The van der Waals surface area contributed by atoms with E-state index in [9.17, 15) is 4.79 Å². The number of nitrogens with zero attached hydrogens (tertiary/aromatic N) is 2. The van der Waals surface area contributed by atoms with Gasteiger partial charge in [0.15, 0.2) is 5.78 Å². The number of allylic oxidation sites excluding steroid dienone is 1. The Morgan fingerprint density at radius 2 is 2.06 bits per heavy atom. The lowest BCUT2D eigenvalue weighted by Gasteiger charge is -1.98. The average Bonchev–Trinajstić information content (AvgIpc) is 2.82. The molecule has 1 aromatic heterocycles. The summed E-state index contributed by atoms with van der Waals surface area (Å²) in [5.41, 5.74) is 1.62. The van der Waals surface area contributed by atoms with E-state index in [2.05, 4.69) is 5.10 Å². The minimum Gasteiger partial charge on any atom is -0.289 e. The van der Waals surface area contributed by atoms with Crippen LogP contribution in [0.1, 0.15) is 15.9 Å². The third kappa shape index (κ3) is 3.11. The Labute approximate surface area is 111 Å². The second-order valence-electron chi connectivity index (χ2n) is 3.87. The van der Waals surface area contributed by atoms with E-state index in [0.29, 0.717) is 5.56 Å². The van der Waals surface area contributed by atoms with E-state index >= 15 is 0 Å². The maximum Gasteiger partial charge on any atom is 0.185 e. The molecule has 0 radical (unpaired) electrons. The van der Waals surface area contributed by atoms with E-state index < -0.39 is 0 Å². The van der Waals surface area contributed by atoms with Crippen molar-refractivity contribution in [2.24, 2.45) is 7.05 Å². The smallest absolute Gasteiger partial charge is 0.185 e. The minimum absolute atomic E-state index is 0.00602. The molecule has 92 valence electrons. The predicted octanol–water partition coefficient (Wildman–Crippen LogP) is 3.04. The third-order valence-electron chi connectivity index (χ3n) is 2.53. The van der Waals surface area contributed by atoms with E-state index in [1.807, 2.05) is 43.8 Å². The van der Waals surface area contributed by atoms with Crippen molar-refractivity contribution in [1.82, 2.24) is 9.78 Å². The third-order valence-corrected chi connectivity index (χ3v) is 3.27. The van der Waals surface area contributed by atoms with Crippen molar-refractivity contribution in [1.29, 1.82) is 0 Å². The van der Waals surface area contributed by atoms with Gasteiger partial charge in [0.1, 0.15) is 0 Å². The van der Waals surface area contributed by atoms with Gasteiger partial charge in [-0.3, -0.25) is 9.48 Å². The zero-order valence-electron chi connectivity index (χ0n) is 10.3. The predicted molar refractivity (Wildman–Crippen MR) is 74.8 cm³/mol. The number of aromatic nitrogens is 2.